The first-order valence-corrected chi connectivity index (χ1v) is 11.9. The number of nitro benzene ring substituents is 2. The number of nitrogens with zero attached hydrogens (tertiary/aromatic N) is 5. The number of para-hydroxylation sites is 1. The van der Waals surface area contributed by atoms with E-state index in [4.69, 9.17) is 28.6 Å². The van der Waals surface area contributed by atoms with Crippen LogP contribution in [0.3, 0.4) is 0 Å². The van der Waals surface area contributed by atoms with Gasteiger partial charge < -0.3 is 19.4 Å². The second kappa shape index (κ2) is 11.0. The Balaban J connectivity index is 1.41. The average molecular weight is 535 g/mol. The molecule has 2 fully saturated rings. The van der Waals surface area contributed by atoms with Crippen LogP contribution >= 0.6 is 23.8 Å². The molecule has 2 aromatic carbocycles. The van der Waals surface area contributed by atoms with Gasteiger partial charge in [0.15, 0.2) is 5.11 Å². The summed E-state index contributed by atoms with van der Waals surface area (Å²) in [5.74, 6) is -0.555. The number of hydrogen-bond acceptors (Lipinski definition) is 9. The maximum absolute atomic E-state index is 12.8. The van der Waals surface area contributed by atoms with Crippen molar-refractivity contribution in [1.82, 2.24) is 10.2 Å². The van der Waals surface area contributed by atoms with Gasteiger partial charge in [0.2, 0.25) is 0 Å². The number of amides is 1. The van der Waals surface area contributed by atoms with Gasteiger partial charge in [0, 0.05) is 57.0 Å². The molecule has 4 rings (SSSR count). The number of rotatable bonds is 5. The van der Waals surface area contributed by atoms with E-state index >= 15 is 0 Å². The van der Waals surface area contributed by atoms with Crippen molar-refractivity contribution in [3.63, 3.8) is 0 Å². The molecule has 2 aliphatic heterocycles. The van der Waals surface area contributed by atoms with Crippen LogP contribution in [-0.4, -0.2) is 78.2 Å². The van der Waals surface area contributed by atoms with E-state index in [-0.39, 0.29) is 27.1 Å². The van der Waals surface area contributed by atoms with E-state index in [1.54, 1.807) is 17.0 Å². The summed E-state index contributed by atoms with van der Waals surface area (Å²) in [6, 6.07) is 8.88. The fourth-order valence-corrected chi connectivity index (χ4v) is 4.79. The molecule has 1 N–H and O–H groups in total. The molecule has 2 aromatic rings. The van der Waals surface area contributed by atoms with Gasteiger partial charge in [-0.1, -0.05) is 17.7 Å². The molecule has 190 valence electrons. The Morgan fingerprint density at radius 1 is 0.944 bits per heavy atom. The molecule has 2 heterocycles. The number of carbonyl (C=O) groups is 1. The summed E-state index contributed by atoms with van der Waals surface area (Å²) in [4.78, 5) is 40.4. The molecule has 1 amide bonds. The molecule has 0 aromatic heterocycles. The molecule has 36 heavy (non-hydrogen) atoms. The third kappa shape index (κ3) is 5.48. The van der Waals surface area contributed by atoms with Gasteiger partial charge in [0.1, 0.15) is 11.4 Å². The average Bonchev–Trinajstić information content (AvgIpc) is 2.88. The van der Waals surface area contributed by atoms with E-state index in [2.05, 4.69) is 5.32 Å². The zero-order valence-electron chi connectivity index (χ0n) is 19.1. The maximum atomic E-state index is 12.8. The first-order chi connectivity index (χ1) is 17.3. The van der Waals surface area contributed by atoms with Crippen LogP contribution in [0, 0.1) is 20.2 Å². The Morgan fingerprint density at radius 3 is 2.25 bits per heavy atom. The number of halogens is 1. The predicted octanol–water partition coefficient (Wildman–Crippen LogP) is 2.83. The van der Waals surface area contributed by atoms with Gasteiger partial charge in [-0.3, -0.25) is 30.3 Å². The molecule has 0 radical (unpaired) electrons. The minimum absolute atomic E-state index is 0.0750. The van der Waals surface area contributed by atoms with Crippen molar-refractivity contribution in [3.05, 3.63) is 67.2 Å². The van der Waals surface area contributed by atoms with E-state index < -0.39 is 15.8 Å². The van der Waals surface area contributed by atoms with E-state index in [0.717, 1.165) is 0 Å². The van der Waals surface area contributed by atoms with Gasteiger partial charge >= 0.3 is 0 Å². The van der Waals surface area contributed by atoms with Crippen LogP contribution in [0.5, 0.6) is 0 Å². The summed E-state index contributed by atoms with van der Waals surface area (Å²) in [5, 5.41) is 26.2. The van der Waals surface area contributed by atoms with Crippen molar-refractivity contribution >= 4 is 57.6 Å². The minimum atomic E-state index is -0.555. The molecule has 0 bridgehead atoms. The Hall–Kier alpha value is -3.55. The number of hydrogen-bond donors (Lipinski definition) is 1. The molecule has 0 unspecified atom stereocenters. The highest BCUT2D eigenvalue weighted by atomic mass is 35.5. The maximum Gasteiger partial charge on any atom is 0.294 e. The number of ether oxygens (including phenoxy) is 1. The van der Waals surface area contributed by atoms with Crippen LogP contribution in [0.25, 0.3) is 0 Å². The van der Waals surface area contributed by atoms with E-state index in [0.29, 0.717) is 63.9 Å². The number of thiocarbonyl (C=S) groups is 1. The predicted molar refractivity (Wildman–Crippen MR) is 138 cm³/mol. The number of nitro groups is 2. The zero-order chi connectivity index (χ0) is 25.8. The summed E-state index contributed by atoms with van der Waals surface area (Å²) >= 11 is 11.6. The number of piperazine rings is 1. The minimum Gasteiger partial charge on any atom is -0.378 e. The Labute approximate surface area is 216 Å². The molecule has 2 aliphatic rings. The van der Waals surface area contributed by atoms with E-state index in [9.17, 15) is 25.0 Å². The van der Waals surface area contributed by atoms with E-state index in [1.165, 1.54) is 24.3 Å². The van der Waals surface area contributed by atoms with Crippen LogP contribution in [0.15, 0.2) is 36.4 Å². The quantitative estimate of drug-likeness (QED) is 0.346. The molecule has 14 heteroatoms. The van der Waals surface area contributed by atoms with Crippen LogP contribution < -0.4 is 15.1 Å². The highest BCUT2D eigenvalue weighted by Crippen LogP contribution is 2.36. The Bertz CT molecular complexity index is 1200. The molecular formula is C22H23ClN6O6S. The SMILES string of the molecule is O=C(NC(=S)N1CCN(c2c(Cl)cccc2[N+](=O)[O-])CC1)c1ccc(N2CCOCC2)c([N+](=O)[O-])c1. The van der Waals surface area contributed by atoms with Crippen molar-refractivity contribution in [2.24, 2.45) is 0 Å². The highest BCUT2D eigenvalue weighted by Gasteiger charge is 2.28. The van der Waals surface area contributed by atoms with Crippen LogP contribution in [0.2, 0.25) is 5.02 Å². The Kier molecular flexibility index (Phi) is 7.82. The lowest BCUT2D eigenvalue weighted by Crippen LogP contribution is -2.52. The van der Waals surface area contributed by atoms with Crippen LogP contribution in [0.1, 0.15) is 10.4 Å². The number of anilines is 2. The second-order valence-electron chi connectivity index (χ2n) is 8.16. The van der Waals surface area contributed by atoms with Crippen LogP contribution in [-0.2, 0) is 4.74 Å². The Morgan fingerprint density at radius 2 is 1.61 bits per heavy atom. The summed E-state index contributed by atoms with van der Waals surface area (Å²) < 4.78 is 5.30. The largest absolute Gasteiger partial charge is 0.378 e. The molecule has 0 atom stereocenters. The zero-order valence-corrected chi connectivity index (χ0v) is 20.7. The van der Waals surface area contributed by atoms with Gasteiger partial charge in [-0.25, -0.2) is 0 Å². The number of carbonyl (C=O) groups excluding carboxylic acids is 1. The summed E-state index contributed by atoms with van der Waals surface area (Å²) in [6.45, 7) is 3.62. The lowest BCUT2D eigenvalue weighted by molar-refractivity contribution is -0.384. The van der Waals surface area contributed by atoms with Gasteiger partial charge in [-0.2, -0.15) is 0 Å². The van der Waals surface area contributed by atoms with Crippen molar-refractivity contribution in [2.45, 2.75) is 0 Å². The molecular weight excluding hydrogens is 512 g/mol. The lowest BCUT2D eigenvalue weighted by atomic mass is 10.1. The molecule has 0 aliphatic carbocycles. The summed E-state index contributed by atoms with van der Waals surface area (Å²) in [6.07, 6.45) is 0. The van der Waals surface area contributed by atoms with Gasteiger partial charge in [0.25, 0.3) is 17.3 Å². The number of nitrogens with one attached hydrogen (secondary N) is 1. The number of benzene rings is 2. The van der Waals surface area contributed by atoms with Crippen molar-refractivity contribution in [2.75, 3.05) is 62.3 Å². The first kappa shape index (κ1) is 25.5. The van der Waals surface area contributed by atoms with Gasteiger partial charge in [0.05, 0.1) is 28.1 Å². The topological polar surface area (TPSA) is 134 Å². The van der Waals surface area contributed by atoms with Crippen molar-refractivity contribution in [3.8, 4) is 0 Å². The second-order valence-corrected chi connectivity index (χ2v) is 8.95. The molecule has 0 saturated carbocycles. The van der Waals surface area contributed by atoms with Crippen molar-refractivity contribution < 1.29 is 19.4 Å². The lowest BCUT2D eigenvalue weighted by Gasteiger charge is -2.37. The first-order valence-electron chi connectivity index (χ1n) is 11.2. The van der Waals surface area contributed by atoms with Gasteiger partial charge in [-0.15, -0.1) is 0 Å². The van der Waals surface area contributed by atoms with Crippen molar-refractivity contribution in [1.29, 1.82) is 0 Å². The smallest absolute Gasteiger partial charge is 0.294 e. The highest BCUT2D eigenvalue weighted by molar-refractivity contribution is 7.80. The van der Waals surface area contributed by atoms with Crippen LogP contribution in [0.4, 0.5) is 22.7 Å². The summed E-state index contributed by atoms with van der Waals surface area (Å²) in [7, 11) is 0. The van der Waals surface area contributed by atoms with Gasteiger partial charge in [-0.05, 0) is 30.4 Å². The monoisotopic (exact) mass is 534 g/mol. The standard InChI is InChI=1S/C22H23ClN6O6S/c23-16-2-1-3-18(28(31)32)20(16)26-6-8-27(9-7-26)22(36)24-21(30)15-4-5-17(19(14-15)29(33)34)25-10-12-35-13-11-25/h1-5,14H,6-13H2,(H,24,30,36). The third-order valence-corrected chi connectivity index (χ3v) is 6.72. The molecule has 2 saturated heterocycles. The fourth-order valence-electron chi connectivity index (χ4n) is 4.23. The normalized spacial score (nSPS) is 16.0. The molecule has 0 spiro atoms. The fraction of sp³-hybridized carbons (Fsp3) is 0.364. The number of morpholine rings is 1. The molecule has 12 nitrogen and oxygen atoms in total. The van der Waals surface area contributed by atoms with E-state index in [1.807, 2.05) is 9.80 Å². The third-order valence-electron chi connectivity index (χ3n) is 6.05. The summed E-state index contributed by atoms with van der Waals surface area (Å²) in [5.41, 5.74) is 0.671.